The summed E-state index contributed by atoms with van der Waals surface area (Å²) in [7, 11) is 0.267. The summed E-state index contributed by atoms with van der Waals surface area (Å²) in [5.74, 6) is -2.06. The highest BCUT2D eigenvalue weighted by atomic mass is 28.2. The molecule has 1 aromatic carbocycles. The summed E-state index contributed by atoms with van der Waals surface area (Å²) in [5.41, 5.74) is 0.301. The number of carboxylic acid groups (broad SMARTS) is 2. The summed E-state index contributed by atoms with van der Waals surface area (Å²) in [5, 5.41) is 18.0. The van der Waals surface area contributed by atoms with Gasteiger partial charge in [0.25, 0.3) is 0 Å². The third-order valence-corrected chi connectivity index (χ3v) is 2.72. The molecule has 14 heavy (non-hydrogen) atoms. The molecule has 2 N–H and O–H groups in total. The van der Waals surface area contributed by atoms with Gasteiger partial charge >= 0.3 is 11.9 Å². The van der Waals surface area contributed by atoms with Crippen molar-refractivity contribution < 1.29 is 19.8 Å². The Hall–Kier alpha value is -1.62. The van der Waals surface area contributed by atoms with Gasteiger partial charge in [0.2, 0.25) is 0 Å². The molecule has 5 heteroatoms. The van der Waals surface area contributed by atoms with E-state index in [1.165, 1.54) is 18.2 Å². The maximum absolute atomic E-state index is 10.7. The van der Waals surface area contributed by atoms with Crippen LogP contribution in [-0.2, 0) is 0 Å². The minimum Gasteiger partial charge on any atom is -0.478 e. The Balaban J connectivity index is 3.25. The first kappa shape index (κ1) is 10.5. The highest BCUT2D eigenvalue weighted by Crippen LogP contribution is 2.02. The molecular formula is C9H8O4Si. The molecule has 0 aromatic heterocycles. The van der Waals surface area contributed by atoms with Crippen LogP contribution in [0.25, 0.3) is 0 Å². The number of hydrogen-bond acceptors (Lipinski definition) is 2. The third-order valence-electron chi connectivity index (χ3n) is 1.77. The molecule has 0 fully saturated rings. The van der Waals surface area contributed by atoms with Crippen molar-refractivity contribution in [3.63, 3.8) is 0 Å². The van der Waals surface area contributed by atoms with Crippen LogP contribution in [0.15, 0.2) is 18.2 Å². The first-order valence-corrected chi connectivity index (χ1v) is 5.34. The Labute approximate surface area is 83.0 Å². The predicted molar refractivity (Wildman–Crippen MR) is 51.6 cm³/mol. The van der Waals surface area contributed by atoms with Gasteiger partial charge in [0.1, 0.15) is 0 Å². The van der Waals surface area contributed by atoms with E-state index < -0.39 is 11.9 Å². The molecule has 0 saturated heterocycles. The highest BCUT2D eigenvalue weighted by molar-refractivity contribution is 6.54. The van der Waals surface area contributed by atoms with Crippen LogP contribution in [-0.4, -0.2) is 31.7 Å². The van der Waals surface area contributed by atoms with E-state index in [1.54, 1.807) is 0 Å². The van der Waals surface area contributed by atoms with E-state index in [-0.39, 0.29) is 20.6 Å². The number of rotatable bonds is 3. The Morgan fingerprint density at radius 3 is 2.29 bits per heavy atom. The molecule has 1 aromatic rings. The summed E-state index contributed by atoms with van der Waals surface area (Å²) >= 11 is 0. The number of carbonyl (C=O) groups is 2. The summed E-state index contributed by atoms with van der Waals surface area (Å²) in [6.45, 7) is 1.81. The van der Waals surface area contributed by atoms with Crippen LogP contribution >= 0.6 is 0 Å². The molecule has 0 amide bonds. The first-order valence-electron chi connectivity index (χ1n) is 3.84. The van der Waals surface area contributed by atoms with Gasteiger partial charge < -0.3 is 10.2 Å². The standard InChI is InChI=1S/C9H8O4Si/c1-14-7-4-5(8(10)11)2-3-6(7)9(12)13/h2-4H,1H3,(H,10,11)(H,12,13). The van der Waals surface area contributed by atoms with Crippen molar-refractivity contribution in [2.75, 3.05) is 0 Å². The van der Waals surface area contributed by atoms with Gasteiger partial charge in [-0.05, 0) is 23.4 Å². The minimum absolute atomic E-state index is 0.124. The normalized spacial score (nSPS) is 9.79. The maximum atomic E-state index is 10.7. The van der Waals surface area contributed by atoms with Gasteiger partial charge in [-0.1, -0.05) is 6.55 Å². The zero-order valence-corrected chi connectivity index (χ0v) is 8.44. The Bertz CT molecular complexity index is 386. The molecule has 4 nitrogen and oxygen atoms in total. The molecule has 0 heterocycles. The Morgan fingerprint density at radius 2 is 1.86 bits per heavy atom. The van der Waals surface area contributed by atoms with E-state index >= 15 is 0 Å². The molecule has 2 radical (unpaired) electrons. The highest BCUT2D eigenvalue weighted by Gasteiger charge is 2.11. The lowest BCUT2D eigenvalue weighted by atomic mass is 10.1. The second-order valence-corrected chi connectivity index (χ2v) is 3.66. The second-order valence-electron chi connectivity index (χ2n) is 2.62. The van der Waals surface area contributed by atoms with E-state index in [1.807, 2.05) is 6.55 Å². The van der Waals surface area contributed by atoms with Crippen molar-refractivity contribution in [1.29, 1.82) is 0 Å². The first-order chi connectivity index (χ1) is 6.56. The van der Waals surface area contributed by atoms with E-state index in [2.05, 4.69) is 0 Å². The van der Waals surface area contributed by atoms with Crippen LogP contribution in [0.5, 0.6) is 0 Å². The number of benzene rings is 1. The van der Waals surface area contributed by atoms with Gasteiger partial charge in [-0.25, -0.2) is 9.59 Å². The molecule has 0 aliphatic heterocycles. The van der Waals surface area contributed by atoms with Crippen LogP contribution in [0.1, 0.15) is 20.7 Å². The predicted octanol–water partition coefficient (Wildman–Crippen LogP) is 0.461. The lowest BCUT2D eigenvalue weighted by Crippen LogP contribution is -2.22. The molecule has 0 spiro atoms. The topological polar surface area (TPSA) is 74.6 Å². The van der Waals surface area contributed by atoms with E-state index in [9.17, 15) is 9.59 Å². The molecule has 0 aliphatic rings. The van der Waals surface area contributed by atoms with Gasteiger partial charge in [-0.15, -0.1) is 0 Å². The van der Waals surface area contributed by atoms with Crippen molar-refractivity contribution in [2.45, 2.75) is 6.55 Å². The average molecular weight is 208 g/mol. The average Bonchev–Trinajstić information content (AvgIpc) is 2.16. The third kappa shape index (κ3) is 2.00. The molecule has 0 unspecified atom stereocenters. The smallest absolute Gasteiger partial charge is 0.335 e. The van der Waals surface area contributed by atoms with Crippen molar-refractivity contribution in [3.8, 4) is 0 Å². The minimum atomic E-state index is -1.04. The van der Waals surface area contributed by atoms with Crippen LogP contribution in [0.4, 0.5) is 0 Å². The van der Waals surface area contributed by atoms with Crippen LogP contribution < -0.4 is 5.19 Å². The van der Waals surface area contributed by atoms with Gasteiger partial charge in [-0.2, -0.15) is 0 Å². The van der Waals surface area contributed by atoms with Gasteiger partial charge in [0, 0.05) is 0 Å². The lowest BCUT2D eigenvalue weighted by Gasteiger charge is -2.03. The largest absolute Gasteiger partial charge is 0.478 e. The van der Waals surface area contributed by atoms with Crippen molar-refractivity contribution >= 4 is 26.6 Å². The van der Waals surface area contributed by atoms with Crippen molar-refractivity contribution in [2.24, 2.45) is 0 Å². The zero-order valence-electron chi connectivity index (χ0n) is 7.44. The quantitative estimate of drug-likeness (QED) is 0.708. The molecule has 0 bridgehead atoms. The number of aromatic carboxylic acids is 2. The van der Waals surface area contributed by atoms with E-state index in [0.717, 1.165) is 0 Å². The SMILES string of the molecule is C[Si]c1cc(C(=O)O)ccc1C(=O)O. The monoisotopic (exact) mass is 208 g/mol. The van der Waals surface area contributed by atoms with Crippen molar-refractivity contribution in [1.82, 2.24) is 0 Å². The lowest BCUT2D eigenvalue weighted by molar-refractivity contribution is 0.0682. The van der Waals surface area contributed by atoms with Crippen LogP contribution in [0.2, 0.25) is 6.55 Å². The van der Waals surface area contributed by atoms with E-state index in [0.29, 0.717) is 5.19 Å². The van der Waals surface area contributed by atoms with Gasteiger partial charge in [-0.3, -0.25) is 0 Å². The fourth-order valence-electron chi connectivity index (χ4n) is 1.07. The molecule has 72 valence electrons. The summed E-state index contributed by atoms with van der Waals surface area (Å²) < 4.78 is 0. The second kappa shape index (κ2) is 4.06. The zero-order chi connectivity index (χ0) is 10.7. The summed E-state index contributed by atoms with van der Waals surface area (Å²) in [4.78, 5) is 21.3. The Kier molecular flexibility index (Phi) is 3.03. The summed E-state index contributed by atoms with van der Waals surface area (Å²) in [6.07, 6.45) is 0. The van der Waals surface area contributed by atoms with Crippen molar-refractivity contribution in [3.05, 3.63) is 29.3 Å². The molecule has 0 aliphatic carbocycles. The molecule has 1 rings (SSSR count). The van der Waals surface area contributed by atoms with Crippen LogP contribution in [0.3, 0.4) is 0 Å². The van der Waals surface area contributed by atoms with E-state index in [4.69, 9.17) is 10.2 Å². The molecular weight excluding hydrogens is 200 g/mol. The molecule has 0 atom stereocenters. The number of carboxylic acids is 2. The molecule has 0 saturated carbocycles. The number of hydrogen-bond donors (Lipinski definition) is 2. The fourth-order valence-corrected chi connectivity index (χ4v) is 1.83. The van der Waals surface area contributed by atoms with Gasteiger partial charge in [0.05, 0.1) is 20.6 Å². The summed E-state index contributed by atoms with van der Waals surface area (Å²) in [6, 6.07) is 4.04. The van der Waals surface area contributed by atoms with Gasteiger partial charge in [0.15, 0.2) is 0 Å². The van der Waals surface area contributed by atoms with Crippen LogP contribution in [0, 0.1) is 0 Å². The maximum Gasteiger partial charge on any atom is 0.335 e. The fraction of sp³-hybridized carbons (Fsp3) is 0.111. The Morgan fingerprint density at radius 1 is 1.21 bits per heavy atom.